The van der Waals surface area contributed by atoms with Crippen molar-refractivity contribution in [2.75, 3.05) is 17.7 Å². The quantitative estimate of drug-likeness (QED) is 0.203. The van der Waals surface area contributed by atoms with Crippen molar-refractivity contribution in [3.8, 4) is 5.75 Å². The van der Waals surface area contributed by atoms with Crippen LogP contribution in [0, 0.1) is 11.6 Å². The predicted octanol–water partition coefficient (Wildman–Crippen LogP) is 5.36. The molecule has 2 atom stereocenters. The first kappa shape index (κ1) is 27.1. The molecule has 0 aliphatic rings. The third-order valence-corrected chi connectivity index (χ3v) is 6.03. The van der Waals surface area contributed by atoms with Gasteiger partial charge in [-0.1, -0.05) is 36.4 Å². The number of carboxylic acid groups (broad SMARTS) is 1. The zero-order valence-corrected chi connectivity index (χ0v) is 20.9. The van der Waals surface area contributed by atoms with Crippen LogP contribution in [0.4, 0.5) is 20.3 Å². The molecule has 0 saturated heterocycles. The van der Waals surface area contributed by atoms with E-state index in [4.69, 9.17) is 10.5 Å². The summed E-state index contributed by atoms with van der Waals surface area (Å²) in [4.78, 5) is 29.0. The van der Waals surface area contributed by atoms with Gasteiger partial charge >= 0.3 is 5.97 Å². The molecule has 0 radical (unpaired) electrons. The highest BCUT2D eigenvalue weighted by Gasteiger charge is 2.21. The Labute approximate surface area is 223 Å². The zero-order valence-electron chi connectivity index (χ0n) is 20.9. The smallest absolute Gasteiger partial charge is 0.337 e. The Bertz CT molecular complexity index is 1480. The van der Waals surface area contributed by atoms with Crippen LogP contribution >= 0.6 is 0 Å². The van der Waals surface area contributed by atoms with Gasteiger partial charge in [0.2, 0.25) is 0 Å². The first-order chi connectivity index (χ1) is 18.7. The number of hydrogen-bond acceptors (Lipinski definition) is 6. The van der Waals surface area contributed by atoms with Gasteiger partial charge in [-0.25, -0.2) is 18.6 Å². The van der Waals surface area contributed by atoms with Gasteiger partial charge in [-0.15, -0.1) is 0 Å². The summed E-state index contributed by atoms with van der Waals surface area (Å²) in [6.07, 6.45) is 1.53. The number of amides is 1. The molecule has 4 aromatic rings. The van der Waals surface area contributed by atoms with Gasteiger partial charge in [-0.2, -0.15) is 0 Å². The fourth-order valence-corrected chi connectivity index (χ4v) is 3.90. The number of pyridine rings is 1. The minimum atomic E-state index is -1.17. The first-order valence-electron chi connectivity index (χ1n) is 12.0. The summed E-state index contributed by atoms with van der Waals surface area (Å²) < 4.78 is 32.9. The van der Waals surface area contributed by atoms with Gasteiger partial charge in [0.05, 0.1) is 23.2 Å². The largest absolute Gasteiger partial charge is 0.491 e. The van der Waals surface area contributed by atoms with Crippen LogP contribution in [0.25, 0.3) is 0 Å². The number of aromatic carboxylic acids is 1. The Morgan fingerprint density at radius 3 is 2.44 bits per heavy atom. The molecule has 1 aromatic heterocycles. The number of nitrogen functional groups attached to an aromatic ring is 1. The third kappa shape index (κ3) is 6.67. The number of aromatic nitrogens is 1. The van der Waals surface area contributed by atoms with Crippen LogP contribution in [0.5, 0.6) is 5.75 Å². The molecule has 1 heterocycles. The Morgan fingerprint density at radius 2 is 1.72 bits per heavy atom. The molecule has 10 heteroatoms. The lowest BCUT2D eigenvalue weighted by molar-refractivity contribution is 0.0697. The minimum absolute atomic E-state index is 0.0654. The van der Waals surface area contributed by atoms with Crippen LogP contribution in [0.1, 0.15) is 50.9 Å². The molecule has 0 saturated carbocycles. The van der Waals surface area contributed by atoms with Crippen molar-refractivity contribution in [3.05, 3.63) is 119 Å². The zero-order chi connectivity index (χ0) is 27.9. The second-order valence-corrected chi connectivity index (χ2v) is 8.74. The highest BCUT2D eigenvalue weighted by molar-refractivity contribution is 5.99. The molecule has 4 rings (SSSR count). The molecule has 3 aromatic carbocycles. The number of nitrogens with zero attached hydrogens (tertiary/aromatic N) is 1. The van der Waals surface area contributed by atoms with Crippen LogP contribution < -0.4 is 21.1 Å². The fourth-order valence-electron chi connectivity index (χ4n) is 3.90. The van der Waals surface area contributed by atoms with E-state index in [1.807, 2.05) is 30.3 Å². The molecule has 2 unspecified atom stereocenters. The second-order valence-electron chi connectivity index (χ2n) is 8.74. The van der Waals surface area contributed by atoms with E-state index in [0.717, 1.165) is 17.7 Å². The molecule has 8 nitrogen and oxygen atoms in total. The summed E-state index contributed by atoms with van der Waals surface area (Å²) in [7, 11) is 0. The van der Waals surface area contributed by atoms with Crippen molar-refractivity contribution in [2.24, 2.45) is 0 Å². The van der Waals surface area contributed by atoms with E-state index >= 15 is 0 Å². The Morgan fingerprint density at radius 1 is 0.949 bits per heavy atom. The van der Waals surface area contributed by atoms with Gasteiger partial charge in [0.1, 0.15) is 18.2 Å². The van der Waals surface area contributed by atoms with Crippen molar-refractivity contribution >= 4 is 23.4 Å². The Balaban J connectivity index is 1.55. The monoisotopic (exact) mass is 532 g/mol. The van der Waals surface area contributed by atoms with Crippen molar-refractivity contribution in [1.29, 1.82) is 0 Å². The molecule has 1 amide bonds. The molecular formula is C29H26F2N4O4. The maximum Gasteiger partial charge on any atom is 0.337 e. The van der Waals surface area contributed by atoms with Crippen LogP contribution in [0.3, 0.4) is 0 Å². The van der Waals surface area contributed by atoms with Gasteiger partial charge < -0.3 is 26.2 Å². The molecule has 200 valence electrons. The van der Waals surface area contributed by atoms with Crippen LogP contribution in [0.15, 0.2) is 85.1 Å². The highest BCUT2D eigenvalue weighted by atomic mass is 19.2. The average Bonchev–Trinajstić information content (AvgIpc) is 2.93. The van der Waals surface area contributed by atoms with E-state index in [2.05, 4.69) is 15.6 Å². The number of hydrogen-bond donors (Lipinski definition) is 4. The molecule has 0 spiro atoms. The number of halogens is 2. The maximum absolute atomic E-state index is 13.7. The van der Waals surface area contributed by atoms with Gasteiger partial charge in [-0.3, -0.25) is 4.79 Å². The number of rotatable bonds is 10. The molecule has 5 N–H and O–H groups in total. The summed E-state index contributed by atoms with van der Waals surface area (Å²) >= 11 is 0. The molecule has 0 aliphatic heterocycles. The second kappa shape index (κ2) is 12.0. The van der Waals surface area contributed by atoms with E-state index in [-0.39, 0.29) is 29.2 Å². The minimum Gasteiger partial charge on any atom is -0.491 e. The lowest BCUT2D eigenvalue weighted by atomic mass is 10.1. The highest BCUT2D eigenvalue weighted by Crippen LogP contribution is 2.25. The number of carbonyl (C=O) groups excluding carboxylic acids is 1. The molecule has 39 heavy (non-hydrogen) atoms. The van der Waals surface area contributed by atoms with E-state index < -0.39 is 35.6 Å². The van der Waals surface area contributed by atoms with E-state index in [0.29, 0.717) is 11.3 Å². The topological polar surface area (TPSA) is 127 Å². The van der Waals surface area contributed by atoms with Gasteiger partial charge in [0, 0.05) is 11.9 Å². The van der Waals surface area contributed by atoms with Crippen LogP contribution in [-0.2, 0) is 0 Å². The Hall–Kier alpha value is -4.99. The third-order valence-electron chi connectivity index (χ3n) is 6.03. The number of carboxylic acids is 1. The van der Waals surface area contributed by atoms with Crippen molar-refractivity contribution in [1.82, 2.24) is 10.3 Å². The Kier molecular flexibility index (Phi) is 8.35. The van der Waals surface area contributed by atoms with Crippen molar-refractivity contribution < 1.29 is 28.2 Å². The number of nitrogens with one attached hydrogen (secondary N) is 2. The fraction of sp³-hybridized carbons (Fsp3) is 0.138. The summed E-state index contributed by atoms with van der Waals surface area (Å²) in [5.41, 5.74) is 7.25. The standard InChI is InChI=1S/C29H26F2N4O4/c1-17(19-9-11-23(30)24(31)14-19)34-28(36)21-8-5-13-33-27(21)35-26(18-6-3-2-4-7-18)16-39-20-10-12-25(32)22(15-20)29(37)38/h2-15,17,26H,16,32H2,1H3,(H,33,35)(H,34,36)(H,37,38). The van der Waals surface area contributed by atoms with Crippen molar-refractivity contribution in [2.45, 2.75) is 19.0 Å². The molecule has 0 bridgehead atoms. The van der Waals surface area contributed by atoms with Gasteiger partial charge in [0.25, 0.3) is 5.91 Å². The normalized spacial score (nSPS) is 12.3. The first-order valence-corrected chi connectivity index (χ1v) is 12.0. The summed E-state index contributed by atoms with van der Waals surface area (Å²) in [5, 5.41) is 15.4. The molecule has 0 fully saturated rings. The summed E-state index contributed by atoms with van der Waals surface area (Å²) in [6, 6.07) is 19.3. The molecular weight excluding hydrogens is 506 g/mol. The number of carbonyl (C=O) groups is 2. The van der Waals surface area contributed by atoms with E-state index in [9.17, 15) is 23.5 Å². The maximum atomic E-state index is 13.7. The lowest BCUT2D eigenvalue weighted by Gasteiger charge is -2.22. The lowest BCUT2D eigenvalue weighted by Crippen LogP contribution is -2.29. The van der Waals surface area contributed by atoms with E-state index in [1.54, 1.807) is 25.1 Å². The van der Waals surface area contributed by atoms with Gasteiger partial charge in [0.15, 0.2) is 11.6 Å². The number of benzene rings is 3. The van der Waals surface area contributed by atoms with E-state index in [1.165, 1.54) is 24.4 Å². The number of anilines is 2. The van der Waals surface area contributed by atoms with Crippen LogP contribution in [0.2, 0.25) is 0 Å². The average molecular weight is 533 g/mol. The van der Waals surface area contributed by atoms with Gasteiger partial charge in [-0.05, 0) is 60.5 Å². The summed E-state index contributed by atoms with van der Waals surface area (Å²) in [5.74, 6) is -3.03. The predicted molar refractivity (Wildman–Crippen MR) is 143 cm³/mol. The molecule has 0 aliphatic carbocycles. The number of nitrogens with two attached hydrogens (primary N) is 1. The summed E-state index contributed by atoms with van der Waals surface area (Å²) in [6.45, 7) is 1.72. The van der Waals surface area contributed by atoms with Crippen LogP contribution in [-0.4, -0.2) is 28.6 Å². The van der Waals surface area contributed by atoms with Crippen molar-refractivity contribution in [3.63, 3.8) is 0 Å². The number of ether oxygens (including phenoxy) is 1. The SMILES string of the molecule is CC(NC(=O)c1cccnc1NC(COc1ccc(N)c(C(=O)O)c1)c1ccccc1)c1ccc(F)c(F)c1.